The van der Waals surface area contributed by atoms with Crippen LogP contribution in [0.15, 0.2) is 42.7 Å². The van der Waals surface area contributed by atoms with Crippen molar-refractivity contribution in [3.05, 3.63) is 53.9 Å². The van der Waals surface area contributed by atoms with E-state index in [9.17, 15) is 14.4 Å². The summed E-state index contributed by atoms with van der Waals surface area (Å²) in [5.74, 6) is -0.0419. The van der Waals surface area contributed by atoms with Crippen LogP contribution in [0.5, 0.6) is 0 Å². The minimum absolute atomic E-state index is 0.0554. The number of carbonyl (C=O) groups is 3. The number of aromatic nitrogens is 2. The van der Waals surface area contributed by atoms with Gasteiger partial charge in [0.1, 0.15) is 0 Å². The Morgan fingerprint density at radius 1 is 0.889 bits per heavy atom. The highest BCUT2D eigenvalue weighted by Crippen LogP contribution is 2.22. The van der Waals surface area contributed by atoms with E-state index in [1.54, 1.807) is 47.6 Å². The standard InChI is InChI=1S/C19H19N5O3/c25-16(22-10-12-23(13-11-22)19-20-7-3-8-21-19)6-9-24-17(26)14-4-1-2-5-15(14)18(24)27/h1-5,7-8H,6,9-13H2. The van der Waals surface area contributed by atoms with Crippen molar-refractivity contribution in [2.75, 3.05) is 37.6 Å². The molecule has 0 spiro atoms. The van der Waals surface area contributed by atoms with Crippen LogP contribution in [0.2, 0.25) is 0 Å². The second-order valence-electron chi connectivity index (χ2n) is 6.47. The van der Waals surface area contributed by atoms with E-state index < -0.39 is 0 Å². The molecule has 27 heavy (non-hydrogen) atoms. The van der Waals surface area contributed by atoms with Crippen molar-refractivity contribution in [3.63, 3.8) is 0 Å². The van der Waals surface area contributed by atoms with Gasteiger partial charge in [0.25, 0.3) is 11.8 Å². The summed E-state index contributed by atoms with van der Waals surface area (Å²) in [4.78, 5) is 50.6. The van der Waals surface area contributed by atoms with Gasteiger partial charge in [-0.1, -0.05) is 12.1 Å². The second-order valence-corrected chi connectivity index (χ2v) is 6.47. The van der Waals surface area contributed by atoms with E-state index in [0.717, 1.165) is 4.90 Å². The Balaban J connectivity index is 1.31. The summed E-state index contributed by atoms with van der Waals surface area (Å²) in [6.45, 7) is 2.55. The molecule has 2 aromatic rings. The first-order valence-electron chi connectivity index (χ1n) is 8.90. The van der Waals surface area contributed by atoms with Crippen molar-refractivity contribution in [1.82, 2.24) is 19.8 Å². The molecule has 8 heteroatoms. The van der Waals surface area contributed by atoms with Crippen LogP contribution in [0.25, 0.3) is 0 Å². The number of anilines is 1. The van der Waals surface area contributed by atoms with Crippen LogP contribution in [0.4, 0.5) is 5.95 Å². The van der Waals surface area contributed by atoms with Crippen LogP contribution in [0.3, 0.4) is 0 Å². The van der Waals surface area contributed by atoms with Crippen LogP contribution >= 0.6 is 0 Å². The van der Waals surface area contributed by atoms with E-state index in [1.807, 2.05) is 4.90 Å². The topological polar surface area (TPSA) is 86.7 Å². The van der Waals surface area contributed by atoms with Crippen LogP contribution in [0.1, 0.15) is 27.1 Å². The van der Waals surface area contributed by atoms with E-state index in [-0.39, 0.29) is 30.7 Å². The van der Waals surface area contributed by atoms with Gasteiger partial charge in [0.2, 0.25) is 11.9 Å². The minimum atomic E-state index is -0.325. The van der Waals surface area contributed by atoms with Gasteiger partial charge in [-0.3, -0.25) is 19.3 Å². The molecule has 0 saturated carbocycles. The van der Waals surface area contributed by atoms with Crippen LogP contribution in [-0.2, 0) is 4.79 Å². The lowest BCUT2D eigenvalue weighted by molar-refractivity contribution is -0.131. The normalized spacial score (nSPS) is 16.7. The minimum Gasteiger partial charge on any atom is -0.339 e. The number of fused-ring (bicyclic) bond motifs is 1. The lowest BCUT2D eigenvalue weighted by Crippen LogP contribution is -2.49. The number of piperazine rings is 1. The third-order valence-electron chi connectivity index (χ3n) is 4.89. The molecular weight excluding hydrogens is 346 g/mol. The molecule has 1 saturated heterocycles. The molecule has 0 N–H and O–H groups in total. The molecule has 2 aliphatic heterocycles. The van der Waals surface area contributed by atoms with E-state index in [1.165, 1.54) is 0 Å². The fourth-order valence-corrected chi connectivity index (χ4v) is 3.42. The highest BCUT2D eigenvalue weighted by molar-refractivity contribution is 6.21. The predicted molar refractivity (Wildman–Crippen MR) is 97.3 cm³/mol. The van der Waals surface area contributed by atoms with Crippen molar-refractivity contribution in [2.24, 2.45) is 0 Å². The monoisotopic (exact) mass is 365 g/mol. The first kappa shape index (κ1) is 17.1. The molecule has 4 rings (SSSR count). The highest BCUT2D eigenvalue weighted by Gasteiger charge is 2.35. The summed E-state index contributed by atoms with van der Waals surface area (Å²) in [5.41, 5.74) is 0.817. The third kappa shape index (κ3) is 3.25. The Labute approximate surface area is 156 Å². The maximum atomic E-state index is 12.5. The van der Waals surface area contributed by atoms with Crippen LogP contribution in [-0.4, -0.2) is 70.2 Å². The van der Waals surface area contributed by atoms with E-state index in [2.05, 4.69) is 9.97 Å². The molecule has 138 valence electrons. The molecule has 0 atom stereocenters. The second kappa shape index (κ2) is 7.14. The molecule has 0 unspecified atom stereocenters. The number of rotatable bonds is 4. The number of amides is 3. The Morgan fingerprint density at radius 3 is 2.07 bits per heavy atom. The van der Waals surface area contributed by atoms with Gasteiger partial charge >= 0.3 is 0 Å². The van der Waals surface area contributed by atoms with Crippen molar-refractivity contribution in [3.8, 4) is 0 Å². The van der Waals surface area contributed by atoms with Crippen LogP contribution in [0, 0.1) is 0 Å². The maximum absolute atomic E-state index is 12.5. The maximum Gasteiger partial charge on any atom is 0.261 e. The van der Waals surface area contributed by atoms with Gasteiger partial charge in [0.05, 0.1) is 11.1 Å². The SMILES string of the molecule is O=C(CCN1C(=O)c2ccccc2C1=O)N1CCN(c2ncccn2)CC1. The molecule has 8 nitrogen and oxygen atoms in total. The number of benzene rings is 1. The summed E-state index contributed by atoms with van der Waals surface area (Å²) in [5, 5.41) is 0. The lowest BCUT2D eigenvalue weighted by Gasteiger charge is -2.34. The molecule has 0 aliphatic carbocycles. The Kier molecular flexibility index (Phi) is 4.53. The van der Waals surface area contributed by atoms with Gasteiger partial charge in [-0.25, -0.2) is 9.97 Å². The fourth-order valence-electron chi connectivity index (χ4n) is 3.42. The molecule has 3 amide bonds. The number of hydrogen-bond acceptors (Lipinski definition) is 6. The number of nitrogens with zero attached hydrogens (tertiary/aromatic N) is 5. The zero-order valence-corrected chi connectivity index (χ0v) is 14.7. The Hall–Kier alpha value is -3.29. The van der Waals surface area contributed by atoms with Crippen molar-refractivity contribution < 1.29 is 14.4 Å². The average Bonchev–Trinajstić information content (AvgIpc) is 2.97. The Bertz CT molecular complexity index is 843. The summed E-state index contributed by atoms with van der Waals surface area (Å²) in [7, 11) is 0. The lowest BCUT2D eigenvalue weighted by atomic mass is 10.1. The molecule has 1 fully saturated rings. The molecule has 0 radical (unpaired) electrons. The average molecular weight is 365 g/mol. The largest absolute Gasteiger partial charge is 0.339 e. The Morgan fingerprint density at radius 2 is 1.48 bits per heavy atom. The van der Waals surface area contributed by atoms with Gasteiger partial charge < -0.3 is 9.80 Å². The molecule has 1 aromatic heterocycles. The third-order valence-corrected chi connectivity index (χ3v) is 4.89. The molecule has 0 bridgehead atoms. The molecule has 1 aromatic carbocycles. The summed E-state index contributed by atoms with van der Waals surface area (Å²) < 4.78 is 0. The van der Waals surface area contributed by atoms with E-state index >= 15 is 0 Å². The van der Waals surface area contributed by atoms with E-state index in [0.29, 0.717) is 43.3 Å². The van der Waals surface area contributed by atoms with Crippen LogP contribution < -0.4 is 4.90 Å². The number of hydrogen-bond donors (Lipinski definition) is 0. The zero-order valence-electron chi connectivity index (χ0n) is 14.7. The first-order valence-corrected chi connectivity index (χ1v) is 8.90. The van der Waals surface area contributed by atoms with Gasteiger partial charge in [0.15, 0.2) is 0 Å². The van der Waals surface area contributed by atoms with E-state index in [4.69, 9.17) is 0 Å². The summed E-state index contributed by atoms with van der Waals surface area (Å²) in [6, 6.07) is 8.51. The van der Waals surface area contributed by atoms with Gasteiger partial charge in [0, 0.05) is 51.5 Å². The van der Waals surface area contributed by atoms with Crippen molar-refractivity contribution in [1.29, 1.82) is 0 Å². The first-order chi connectivity index (χ1) is 13.1. The zero-order chi connectivity index (χ0) is 18.8. The van der Waals surface area contributed by atoms with Crippen molar-refractivity contribution >= 4 is 23.7 Å². The highest BCUT2D eigenvalue weighted by atomic mass is 16.2. The van der Waals surface area contributed by atoms with Crippen molar-refractivity contribution in [2.45, 2.75) is 6.42 Å². The molecular formula is C19H19N5O3. The number of imide groups is 1. The van der Waals surface area contributed by atoms with Gasteiger partial charge in [-0.05, 0) is 18.2 Å². The molecule has 3 heterocycles. The smallest absolute Gasteiger partial charge is 0.261 e. The number of carbonyl (C=O) groups excluding carboxylic acids is 3. The summed E-state index contributed by atoms with van der Waals surface area (Å²) >= 11 is 0. The fraction of sp³-hybridized carbons (Fsp3) is 0.316. The summed E-state index contributed by atoms with van der Waals surface area (Å²) in [6.07, 6.45) is 3.52. The van der Waals surface area contributed by atoms with Gasteiger partial charge in [-0.15, -0.1) is 0 Å². The molecule has 2 aliphatic rings. The quantitative estimate of drug-likeness (QED) is 0.746. The predicted octanol–water partition coefficient (Wildman–Crippen LogP) is 0.811. The van der Waals surface area contributed by atoms with Gasteiger partial charge in [-0.2, -0.15) is 0 Å².